The summed E-state index contributed by atoms with van der Waals surface area (Å²) in [6, 6.07) is 8.37. The van der Waals surface area contributed by atoms with Crippen LogP contribution in [-0.2, 0) is 4.74 Å². The monoisotopic (exact) mass is 290 g/mol. The van der Waals surface area contributed by atoms with Crippen LogP contribution in [0.1, 0.15) is 59.9 Å². The molecular formula is C19H30O2. The summed E-state index contributed by atoms with van der Waals surface area (Å²) in [6.07, 6.45) is 2.13. The third kappa shape index (κ3) is 5.92. The van der Waals surface area contributed by atoms with Crippen LogP contribution in [0.5, 0.6) is 5.75 Å². The average molecular weight is 290 g/mol. The van der Waals surface area contributed by atoms with E-state index in [1.54, 1.807) is 0 Å². The van der Waals surface area contributed by atoms with Crippen LogP contribution in [0.15, 0.2) is 35.9 Å². The summed E-state index contributed by atoms with van der Waals surface area (Å²) in [5, 5.41) is 0. The van der Waals surface area contributed by atoms with Crippen LogP contribution >= 0.6 is 0 Å². The van der Waals surface area contributed by atoms with Gasteiger partial charge in [-0.15, -0.1) is 0 Å². The molecule has 0 aliphatic heterocycles. The van der Waals surface area contributed by atoms with E-state index in [1.165, 1.54) is 11.1 Å². The quantitative estimate of drug-likeness (QED) is 0.505. The van der Waals surface area contributed by atoms with Crippen molar-refractivity contribution in [2.75, 3.05) is 6.61 Å². The van der Waals surface area contributed by atoms with E-state index in [9.17, 15) is 0 Å². The van der Waals surface area contributed by atoms with Gasteiger partial charge in [0, 0.05) is 12.5 Å². The van der Waals surface area contributed by atoms with Gasteiger partial charge in [0.2, 0.25) is 0 Å². The Morgan fingerprint density at radius 3 is 2.14 bits per heavy atom. The molecule has 0 aliphatic rings. The lowest BCUT2D eigenvalue weighted by Gasteiger charge is -2.29. The SMILES string of the molecule is CCOC(C)Oc1ccc(C(C=C(C)C)C(C)(C)C)cc1. The Balaban J connectivity index is 2.91. The van der Waals surface area contributed by atoms with Gasteiger partial charge in [-0.1, -0.05) is 44.6 Å². The summed E-state index contributed by atoms with van der Waals surface area (Å²) < 4.78 is 11.1. The lowest BCUT2D eigenvalue weighted by atomic mass is 9.76. The summed E-state index contributed by atoms with van der Waals surface area (Å²) in [4.78, 5) is 0. The number of allylic oxidation sites excluding steroid dienone is 2. The van der Waals surface area contributed by atoms with Crippen LogP contribution in [-0.4, -0.2) is 12.9 Å². The maximum atomic E-state index is 5.72. The van der Waals surface area contributed by atoms with Crippen molar-refractivity contribution < 1.29 is 9.47 Å². The molecule has 1 aromatic rings. The summed E-state index contributed by atoms with van der Waals surface area (Å²) in [6.45, 7) is 15.7. The normalized spacial score (nSPS) is 14.4. The van der Waals surface area contributed by atoms with Gasteiger partial charge >= 0.3 is 0 Å². The van der Waals surface area contributed by atoms with Gasteiger partial charge in [-0.05, 0) is 50.8 Å². The van der Waals surface area contributed by atoms with Gasteiger partial charge in [-0.25, -0.2) is 0 Å². The van der Waals surface area contributed by atoms with E-state index >= 15 is 0 Å². The second kappa shape index (κ2) is 7.65. The standard InChI is InChI=1S/C19H30O2/c1-8-20-15(4)21-17-11-9-16(10-12-17)18(13-14(2)3)19(5,6)7/h9-13,15,18H,8H2,1-7H3. The van der Waals surface area contributed by atoms with Crippen molar-refractivity contribution in [3.05, 3.63) is 41.5 Å². The molecule has 2 nitrogen and oxygen atoms in total. The van der Waals surface area contributed by atoms with Gasteiger partial charge in [0.25, 0.3) is 0 Å². The lowest BCUT2D eigenvalue weighted by Crippen LogP contribution is -2.17. The fraction of sp³-hybridized carbons (Fsp3) is 0.579. The van der Waals surface area contributed by atoms with Crippen LogP contribution in [0.25, 0.3) is 0 Å². The summed E-state index contributed by atoms with van der Waals surface area (Å²) >= 11 is 0. The molecule has 0 spiro atoms. The molecule has 0 saturated heterocycles. The van der Waals surface area contributed by atoms with Crippen molar-refractivity contribution in [3.63, 3.8) is 0 Å². The predicted molar refractivity (Wildman–Crippen MR) is 89.8 cm³/mol. The van der Waals surface area contributed by atoms with E-state index in [1.807, 2.05) is 26.0 Å². The second-order valence-electron chi connectivity index (χ2n) is 6.80. The average Bonchev–Trinajstić information content (AvgIpc) is 2.36. The molecule has 0 saturated carbocycles. The van der Waals surface area contributed by atoms with E-state index in [2.05, 4.69) is 52.8 Å². The van der Waals surface area contributed by atoms with Crippen molar-refractivity contribution in [3.8, 4) is 5.75 Å². The Labute approximate surface area is 130 Å². The molecule has 118 valence electrons. The largest absolute Gasteiger partial charge is 0.465 e. The molecule has 0 aliphatic carbocycles. The molecule has 1 aromatic carbocycles. The molecular weight excluding hydrogens is 260 g/mol. The third-order valence-corrected chi connectivity index (χ3v) is 3.38. The first kappa shape index (κ1) is 17.8. The zero-order valence-electron chi connectivity index (χ0n) is 14.6. The van der Waals surface area contributed by atoms with Gasteiger partial charge in [-0.3, -0.25) is 0 Å². The van der Waals surface area contributed by atoms with E-state index in [0.717, 1.165) is 5.75 Å². The highest BCUT2D eigenvalue weighted by molar-refractivity contribution is 5.33. The fourth-order valence-corrected chi connectivity index (χ4v) is 2.39. The van der Waals surface area contributed by atoms with E-state index in [0.29, 0.717) is 12.5 Å². The van der Waals surface area contributed by atoms with Gasteiger partial charge < -0.3 is 9.47 Å². The number of ether oxygens (including phenoxy) is 2. The smallest absolute Gasteiger partial charge is 0.196 e. The topological polar surface area (TPSA) is 18.5 Å². The van der Waals surface area contributed by atoms with Crippen molar-refractivity contribution in [2.45, 2.75) is 60.7 Å². The van der Waals surface area contributed by atoms with E-state index < -0.39 is 0 Å². The first-order chi connectivity index (χ1) is 9.74. The van der Waals surface area contributed by atoms with Crippen molar-refractivity contribution in [1.29, 1.82) is 0 Å². The number of benzene rings is 1. The highest BCUT2D eigenvalue weighted by Crippen LogP contribution is 2.37. The van der Waals surface area contributed by atoms with Gasteiger partial charge in [0.05, 0.1) is 0 Å². The van der Waals surface area contributed by atoms with Crippen LogP contribution < -0.4 is 4.74 Å². The molecule has 0 N–H and O–H groups in total. The van der Waals surface area contributed by atoms with Crippen LogP contribution in [0.2, 0.25) is 0 Å². The minimum absolute atomic E-state index is 0.193. The molecule has 0 aromatic heterocycles. The first-order valence-corrected chi connectivity index (χ1v) is 7.77. The minimum Gasteiger partial charge on any atom is -0.465 e. The Morgan fingerprint density at radius 1 is 1.14 bits per heavy atom. The van der Waals surface area contributed by atoms with Crippen LogP contribution in [0.3, 0.4) is 0 Å². The molecule has 2 heteroatoms. The highest BCUT2D eigenvalue weighted by atomic mass is 16.7. The van der Waals surface area contributed by atoms with Gasteiger partial charge in [0.1, 0.15) is 5.75 Å². The highest BCUT2D eigenvalue weighted by Gasteiger charge is 2.24. The molecule has 2 unspecified atom stereocenters. The van der Waals surface area contributed by atoms with Crippen molar-refractivity contribution >= 4 is 0 Å². The lowest BCUT2D eigenvalue weighted by molar-refractivity contribution is -0.0613. The van der Waals surface area contributed by atoms with Crippen molar-refractivity contribution in [2.24, 2.45) is 5.41 Å². The molecule has 1 rings (SSSR count). The molecule has 21 heavy (non-hydrogen) atoms. The minimum atomic E-state index is -0.211. The zero-order valence-corrected chi connectivity index (χ0v) is 14.6. The van der Waals surface area contributed by atoms with Crippen LogP contribution in [0, 0.1) is 5.41 Å². The maximum absolute atomic E-state index is 5.72. The van der Waals surface area contributed by atoms with E-state index in [4.69, 9.17) is 9.47 Å². The van der Waals surface area contributed by atoms with E-state index in [-0.39, 0.29) is 11.7 Å². The number of hydrogen-bond donors (Lipinski definition) is 0. The summed E-state index contributed by atoms with van der Waals surface area (Å²) in [5.41, 5.74) is 2.86. The molecule has 0 bridgehead atoms. The Hall–Kier alpha value is -1.28. The molecule has 0 amide bonds. The maximum Gasteiger partial charge on any atom is 0.196 e. The third-order valence-electron chi connectivity index (χ3n) is 3.38. The second-order valence-corrected chi connectivity index (χ2v) is 6.80. The summed E-state index contributed by atoms with van der Waals surface area (Å²) in [5.74, 6) is 1.26. The number of hydrogen-bond acceptors (Lipinski definition) is 2. The molecule has 0 radical (unpaired) electrons. The predicted octanol–water partition coefficient (Wildman–Crippen LogP) is 5.54. The Morgan fingerprint density at radius 2 is 1.71 bits per heavy atom. The molecule has 2 atom stereocenters. The fourth-order valence-electron chi connectivity index (χ4n) is 2.39. The van der Waals surface area contributed by atoms with Gasteiger partial charge in [0.15, 0.2) is 6.29 Å². The van der Waals surface area contributed by atoms with Crippen LogP contribution in [0.4, 0.5) is 0 Å². The molecule has 0 fully saturated rings. The van der Waals surface area contributed by atoms with Crippen molar-refractivity contribution in [1.82, 2.24) is 0 Å². The zero-order chi connectivity index (χ0) is 16.0. The Kier molecular flexibility index (Phi) is 6.47. The Bertz CT molecular complexity index is 447. The van der Waals surface area contributed by atoms with Gasteiger partial charge in [-0.2, -0.15) is 0 Å². The molecule has 0 heterocycles. The number of rotatable bonds is 6. The first-order valence-electron chi connectivity index (χ1n) is 7.77. The summed E-state index contributed by atoms with van der Waals surface area (Å²) in [7, 11) is 0.